The third-order valence-electron chi connectivity index (χ3n) is 2.19. The molecule has 17 heavy (non-hydrogen) atoms. The number of hydrogen-bond donors (Lipinski definition) is 1. The van der Waals surface area contributed by atoms with Gasteiger partial charge in [-0.3, -0.25) is 4.79 Å². The van der Waals surface area contributed by atoms with Gasteiger partial charge in [-0.2, -0.15) is 13.2 Å². The maximum absolute atomic E-state index is 12.4. The van der Waals surface area contributed by atoms with Crippen molar-refractivity contribution in [2.45, 2.75) is 13.1 Å². The number of carbonyl (C=O) groups excluding carboxylic acids is 1. The Morgan fingerprint density at radius 1 is 1.29 bits per heavy atom. The average Bonchev–Trinajstić information content (AvgIpc) is 2.25. The highest BCUT2D eigenvalue weighted by Crippen LogP contribution is 2.23. The molecule has 0 aliphatic rings. The van der Waals surface area contributed by atoms with E-state index in [-0.39, 0.29) is 18.8 Å². The van der Waals surface area contributed by atoms with E-state index in [1.807, 2.05) is 6.92 Å². The first-order chi connectivity index (χ1) is 7.86. The van der Waals surface area contributed by atoms with Gasteiger partial charge in [-0.05, 0) is 19.1 Å². The number of rotatable bonds is 3. The van der Waals surface area contributed by atoms with Gasteiger partial charge in [-0.1, -0.05) is 17.7 Å². The van der Waals surface area contributed by atoms with E-state index < -0.39 is 12.1 Å². The number of hydrogen-bond acceptors (Lipinski definition) is 2. The molecule has 0 radical (unpaired) electrons. The Morgan fingerprint density at radius 3 is 2.24 bits per heavy atom. The molecule has 0 saturated heterocycles. The second kappa shape index (κ2) is 5.18. The van der Waals surface area contributed by atoms with Crippen LogP contribution in [0.5, 0.6) is 0 Å². The topological polar surface area (TPSA) is 46.3 Å². The van der Waals surface area contributed by atoms with Crippen molar-refractivity contribution in [1.29, 1.82) is 0 Å². The molecule has 1 amide bonds. The van der Waals surface area contributed by atoms with Crippen molar-refractivity contribution >= 4 is 11.6 Å². The summed E-state index contributed by atoms with van der Waals surface area (Å²) >= 11 is 0. The lowest BCUT2D eigenvalue weighted by Crippen LogP contribution is -2.43. The lowest BCUT2D eigenvalue weighted by molar-refractivity contribution is -0.170. The van der Waals surface area contributed by atoms with Crippen molar-refractivity contribution in [3.63, 3.8) is 0 Å². The summed E-state index contributed by atoms with van der Waals surface area (Å²) < 4.78 is 37.1. The minimum Gasteiger partial charge on any atom is -0.329 e. The van der Waals surface area contributed by atoms with E-state index in [0.717, 1.165) is 5.56 Å². The first kappa shape index (κ1) is 13.5. The second-order valence-electron chi connectivity index (χ2n) is 3.58. The zero-order valence-corrected chi connectivity index (χ0v) is 9.29. The Labute approximate surface area is 97.0 Å². The summed E-state index contributed by atoms with van der Waals surface area (Å²) in [4.78, 5) is 11.8. The number of aryl methyl sites for hydroxylation is 1. The SMILES string of the molecule is Cc1ccc(N(CCN)C(=O)C(F)(F)F)cc1. The quantitative estimate of drug-likeness (QED) is 0.884. The molecule has 0 aliphatic heterocycles. The van der Waals surface area contributed by atoms with Gasteiger partial charge >= 0.3 is 12.1 Å². The summed E-state index contributed by atoms with van der Waals surface area (Å²) in [5.74, 6) is -1.90. The summed E-state index contributed by atoms with van der Waals surface area (Å²) in [5.41, 5.74) is 6.32. The highest BCUT2D eigenvalue weighted by atomic mass is 19.4. The molecule has 1 aromatic rings. The zero-order valence-electron chi connectivity index (χ0n) is 9.29. The number of anilines is 1. The van der Waals surface area contributed by atoms with Crippen LogP contribution in [0.15, 0.2) is 24.3 Å². The number of carbonyl (C=O) groups is 1. The number of alkyl halides is 3. The van der Waals surface area contributed by atoms with Crippen LogP contribution in [0, 0.1) is 6.92 Å². The molecule has 0 atom stereocenters. The second-order valence-corrected chi connectivity index (χ2v) is 3.58. The molecular weight excluding hydrogens is 233 g/mol. The van der Waals surface area contributed by atoms with Gasteiger partial charge in [0.1, 0.15) is 0 Å². The fraction of sp³-hybridized carbons (Fsp3) is 0.364. The van der Waals surface area contributed by atoms with Crippen molar-refractivity contribution in [3.8, 4) is 0 Å². The normalized spacial score (nSPS) is 11.4. The Kier molecular flexibility index (Phi) is 4.11. The standard InChI is InChI=1S/C11H13F3N2O/c1-8-2-4-9(5-3-8)16(7-6-15)10(17)11(12,13)14/h2-5H,6-7,15H2,1H3. The number of amides is 1. The van der Waals surface area contributed by atoms with Crippen molar-refractivity contribution in [2.75, 3.05) is 18.0 Å². The van der Waals surface area contributed by atoms with Crippen LogP contribution >= 0.6 is 0 Å². The molecule has 6 heteroatoms. The van der Waals surface area contributed by atoms with E-state index in [2.05, 4.69) is 0 Å². The van der Waals surface area contributed by atoms with Crippen LogP contribution in [0.25, 0.3) is 0 Å². The molecule has 1 aromatic carbocycles. The third kappa shape index (κ3) is 3.45. The molecule has 0 heterocycles. The summed E-state index contributed by atoms with van der Waals surface area (Å²) in [7, 11) is 0. The Morgan fingerprint density at radius 2 is 1.82 bits per heavy atom. The van der Waals surface area contributed by atoms with E-state index in [1.54, 1.807) is 12.1 Å². The van der Waals surface area contributed by atoms with E-state index in [4.69, 9.17) is 5.73 Å². The van der Waals surface area contributed by atoms with Crippen molar-refractivity contribution in [1.82, 2.24) is 0 Å². The smallest absolute Gasteiger partial charge is 0.329 e. The lowest BCUT2D eigenvalue weighted by atomic mass is 10.2. The highest BCUT2D eigenvalue weighted by Gasteiger charge is 2.42. The van der Waals surface area contributed by atoms with Crippen LogP contribution in [0.2, 0.25) is 0 Å². The summed E-state index contributed by atoms with van der Waals surface area (Å²) in [6.45, 7) is 1.61. The van der Waals surface area contributed by atoms with Gasteiger partial charge in [0.15, 0.2) is 0 Å². The molecule has 94 valence electrons. The Balaban J connectivity index is 3.01. The molecule has 3 nitrogen and oxygen atoms in total. The Hall–Kier alpha value is -1.56. The first-order valence-electron chi connectivity index (χ1n) is 5.01. The van der Waals surface area contributed by atoms with Gasteiger partial charge in [0.2, 0.25) is 0 Å². The number of halogens is 3. The van der Waals surface area contributed by atoms with Gasteiger partial charge in [0.25, 0.3) is 0 Å². The largest absolute Gasteiger partial charge is 0.471 e. The van der Waals surface area contributed by atoms with Gasteiger partial charge in [-0.25, -0.2) is 0 Å². The molecule has 1 rings (SSSR count). The van der Waals surface area contributed by atoms with Gasteiger partial charge in [-0.15, -0.1) is 0 Å². The molecule has 0 fully saturated rings. The van der Waals surface area contributed by atoms with E-state index in [0.29, 0.717) is 4.90 Å². The maximum atomic E-state index is 12.4. The molecular formula is C11H13F3N2O. The number of nitrogens with zero attached hydrogens (tertiary/aromatic N) is 1. The maximum Gasteiger partial charge on any atom is 0.471 e. The average molecular weight is 246 g/mol. The number of benzene rings is 1. The number of nitrogens with two attached hydrogens (primary N) is 1. The zero-order chi connectivity index (χ0) is 13.1. The van der Waals surface area contributed by atoms with Crippen molar-refractivity contribution < 1.29 is 18.0 Å². The van der Waals surface area contributed by atoms with Gasteiger partial charge in [0, 0.05) is 18.8 Å². The third-order valence-corrected chi connectivity index (χ3v) is 2.19. The van der Waals surface area contributed by atoms with Crippen LogP contribution in [0.1, 0.15) is 5.56 Å². The fourth-order valence-corrected chi connectivity index (χ4v) is 1.35. The van der Waals surface area contributed by atoms with Crippen molar-refractivity contribution in [3.05, 3.63) is 29.8 Å². The molecule has 0 spiro atoms. The van der Waals surface area contributed by atoms with E-state index in [9.17, 15) is 18.0 Å². The minimum atomic E-state index is -4.89. The predicted molar refractivity (Wildman–Crippen MR) is 58.6 cm³/mol. The van der Waals surface area contributed by atoms with Crippen LogP contribution in [0.3, 0.4) is 0 Å². The molecule has 2 N–H and O–H groups in total. The molecule has 0 aliphatic carbocycles. The fourth-order valence-electron chi connectivity index (χ4n) is 1.35. The minimum absolute atomic E-state index is 0.0320. The van der Waals surface area contributed by atoms with E-state index in [1.165, 1.54) is 12.1 Å². The molecule has 0 aromatic heterocycles. The lowest BCUT2D eigenvalue weighted by Gasteiger charge is -2.23. The predicted octanol–water partition coefficient (Wildman–Crippen LogP) is 1.85. The van der Waals surface area contributed by atoms with Crippen LogP contribution in [-0.2, 0) is 4.79 Å². The van der Waals surface area contributed by atoms with Crippen LogP contribution in [0.4, 0.5) is 18.9 Å². The Bertz CT molecular complexity index is 387. The first-order valence-corrected chi connectivity index (χ1v) is 5.01. The molecule has 0 unspecified atom stereocenters. The van der Waals surface area contributed by atoms with Gasteiger partial charge < -0.3 is 10.6 Å². The monoisotopic (exact) mass is 246 g/mol. The summed E-state index contributed by atoms with van der Waals surface area (Å²) in [5, 5.41) is 0. The summed E-state index contributed by atoms with van der Waals surface area (Å²) in [6.07, 6.45) is -4.89. The van der Waals surface area contributed by atoms with Gasteiger partial charge in [0.05, 0.1) is 0 Å². The van der Waals surface area contributed by atoms with Crippen molar-refractivity contribution in [2.24, 2.45) is 5.73 Å². The highest BCUT2D eigenvalue weighted by molar-refractivity contribution is 5.97. The summed E-state index contributed by atoms with van der Waals surface area (Å²) in [6, 6.07) is 6.22. The molecule has 0 saturated carbocycles. The molecule has 0 bridgehead atoms. The van der Waals surface area contributed by atoms with Crippen LogP contribution < -0.4 is 10.6 Å². The van der Waals surface area contributed by atoms with Crippen LogP contribution in [-0.4, -0.2) is 25.2 Å². The van der Waals surface area contributed by atoms with E-state index >= 15 is 0 Å².